The minimum atomic E-state index is -0.409. The van der Waals surface area contributed by atoms with Crippen LogP contribution < -0.4 is 11.3 Å². The van der Waals surface area contributed by atoms with Gasteiger partial charge in [-0.1, -0.05) is 59.6 Å². The van der Waals surface area contributed by atoms with Crippen LogP contribution in [0.4, 0.5) is 0 Å². The quantitative estimate of drug-likeness (QED) is 0.340. The highest BCUT2D eigenvalue weighted by Crippen LogP contribution is 2.48. The fourth-order valence-electron chi connectivity index (χ4n) is 4.75. The zero-order chi connectivity index (χ0) is 25.3. The molecular formula is C28H31Cl2N5O2. The molecule has 7 nitrogen and oxygen atoms in total. The second-order valence-corrected chi connectivity index (χ2v) is 10.1. The summed E-state index contributed by atoms with van der Waals surface area (Å²) in [5, 5.41) is 5.28. The number of halogens is 2. The Labute approximate surface area is 227 Å². The van der Waals surface area contributed by atoms with Crippen LogP contribution in [0.25, 0.3) is 5.52 Å². The first-order valence-corrected chi connectivity index (χ1v) is 12.7. The van der Waals surface area contributed by atoms with Gasteiger partial charge in [0.2, 0.25) is 0 Å². The molecule has 1 aliphatic rings. The van der Waals surface area contributed by atoms with Crippen molar-refractivity contribution in [2.45, 2.75) is 38.1 Å². The minimum Gasteiger partial charge on any atom is -0.338 e. The van der Waals surface area contributed by atoms with Gasteiger partial charge in [-0.15, -0.1) is 12.4 Å². The van der Waals surface area contributed by atoms with Crippen LogP contribution in [-0.2, 0) is 12.0 Å². The van der Waals surface area contributed by atoms with Crippen molar-refractivity contribution in [2.24, 2.45) is 5.73 Å². The first-order valence-electron chi connectivity index (χ1n) is 12.3. The summed E-state index contributed by atoms with van der Waals surface area (Å²) in [5.74, 6) is 0.655. The Morgan fingerprint density at radius 1 is 1.11 bits per heavy atom. The number of fused-ring (bicyclic) bond motifs is 1. The van der Waals surface area contributed by atoms with E-state index >= 15 is 0 Å². The standard InChI is InChI=1S/C28H30ClN5O2.ClH/c1-20-8-10-22(11-9-20)25(35)32(16-5-15-30)19-28(13-14-28)27-31-34-17-12-23(29)24(34)26(36)33(27)18-21-6-3-2-4-7-21;/h2-4,6-12,17H,5,13-16,18-19,30H2,1H3;1H. The molecule has 4 aromatic rings. The van der Waals surface area contributed by atoms with Crippen molar-refractivity contribution in [3.63, 3.8) is 0 Å². The van der Waals surface area contributed by atoms with Gasteiger partial charge in [-0.25, -0.2) is 4.52 Å². The number of carbonyl (C=O) groups excluding carboxylic acids is 1. The summed E-state index contributed by atoms with van der Waals surface area (Å²) in [6, 6.07) is 19.2. The fraction of sp³-hybridized carbons (Fsp3) is 0.321. The number of amides is 1. The van der Waals surface area contributed by atoms with Crippen molar-refractivity contribution >= 4 is 35.4 Å². The number of benzene rings is 2. The van der Waals surface area contributed by atoms with Gasteiger partial charge >= 0.3 is 0 Å². The van der Waals surface area contributed by atoms with Crippen molar-refractivity contribution in [3.8, 4) is 0 Å². The van der Waals surface area contributed by atoms with E-state index in [4.69, 9.17) is 22.4 Å². The van der Waals surface area contributed by atoms with Crippen LogP contribution in [0.15, 0.2) is 71.7 Å². The molecule has 9 heteroatoms. The van der Waals surface area contributed by atoms with E-state index < -0.39 is 5.41 Å². The predicted molar refractivity (Wildman–Crippen MR) is 149 cm³/mol. The Hall–Kier alpha value is -3.13. The summed E-state index contributed by atoms with van der Waals surface area (Å²) in [7, 11) is 0. The average Bonchev–Trinajstić information content (AvgIpc) is 3.58. The van der Waals surface area contributed by atoms with E-state index in [0.717, 1.165) is 24.0 Å². The zero-order valence-electron chi connectivity index (χ0n) is 20.8. The third kappa shape index (κ3) is 5.44. The summed E-state index contributed by atoms with van der Waals surface area (Å²) < 4.78 is 3.31. The largest absolute Gasteiger partial charge is 0.338 e. The second-order valence-electron chi connectivity index (χ2n) is 9.67. The first-order chi connectivity index (χ1) is 17.4. The second kappa shape index (κ2) is 11.1. The molecule has 5 rings (SSSR count). The summed E-state index contributed by atoms with van der Waals surface area (Å²) in [5.41, 5.74) is 8.34. The molecule has 2 N–H and O–H groups in total. The molecule has 0 radical (unpaired) electrons. The Morgan fingerprint density at radius 3 is 2.46 bits per heavy atom. The van der Waals surface area contributed by atoms with Gasteiger partial charge in [0.1, 0.15) is 11.3 Å². The molecule has 37 heavy (non-hydrogen) atoms. The highest BCUT2D eigenvalue weighted by Gasteiger charge is 2.50. The lowest BCUT2D eigenvalue weighted by Crippen LogP contribution is -2.42. The van der Waals surface area contributed by atoms with E-state index in [1.165, 1.54) is 0 Å². The topological polar surface area (TPSA) is 85.6 Å². The van der Waals surface area contributed by atoms with E-state index in [9.17, 15) is 9.59 Å². The van der Waals surface area contributed by atoms with Crippen molar-refractivity contribution in [1.29, 1.82) is 0 Å². The lowest BCUT2D eigenvalue weighted by Gasteiger charge is -2.29. The van der Waals surface area contributed by atoms with E-state index in [1.54, 1.807) is 21.3 Å². The van der Waals surface area contributed by atoms with Crippen molar-refractivity contribution < 1.29 is 4.79 Å². The van der Waals surface area contributed by atoms with Crippen LogP contribution in [-0.4, -0.2) is 44.6 Å². The summed E-state index contributed by atoms with van der Waals surface area (Å²) in [6.45, 7) is 3.90. The van der Waals surface area contributed by atoms with E-state index in [1.807, 2.05) is 66.4 Å². The van der Waals surface area contributed by atoms with Gasteiger partial charge in [0, 0.05) is 30.3 Å². The maximum absolute atomic E-state index is 13.7. The van der Waals surface area contributed by atoms with Crippen molar-refractivity contribution in [2.75, 3.05) is 19.6 Å². The van der Waals surface area contributed by atoms with Gasteiger partial charge in [0.05, 0.1) is 11.6 Å². The highest BCUT2D eigenvalue weighted by molar-refractivity contribution is 6.33. The van der Waals surface area contributed by atoms with Gasteiger partial charge < -0.3 is 10.6 Å². The highest BCUT2D eigenvalue weighted by atomic mass is 35.5. The molecule has 1 aliphatic carbocycles. The Bertz CT molecular complexity index is 1440. The number of carbonyl (C=O) groups is 1. The van der Waals surface area contributed by atoms with Crippen LogP contribution in [0.5, 0.6) is 0 Å². The number of aryl methyl sites for hydroxylation is 1. The first kappa shape index (κ1) is 26.9. The smallest absolute Gasteiger partial charge is 0.279 e. The average molecular weight is 540 g/mol. The number of hydrogen-bond donors (Lipinski definition) is 1. The molecule has 1 amide bonds. The fourth-order valence-corrected chi connectivity index (χ4v) is 4.97. The molecule has 0 saturated heterocycles. The monoisotopic (exact) mass is 539 g/mol. The number of aromatic nitrogens is 3. The molecule has 1 fully saturated rings. The molecule has 0 bridgehead atoms. The maximum Gasteiger partial charge on any atom is 0.279 e. The number of hydrogen-bond acceptors (Lipinski definition) is 4. The van der Waals surface area contributed by atoms with Gasteiger partial charge in [0.25, 0.3) is 11.5 Å². The molecule has 0 atom stereocenters. The summed E-state index contributed by atoms with van der Waals surface area (Å²) >= 11 is 6.36. The minimum absolute atomic E-state index is 0. The van der Waals surface area contributed by atoms with Crippen molar-refractivity contribution in [3.05, 3.63) is 105 Å². The number of nitrogens with zero attached hydrogens (tertiary/aromatic N) is 4. The van der Waals surface area contributed by atoms with Gasteiger partial charge in [0.15, 0.2) is 0 Å². The molecule has 1 saturated carbocycles. The van der Waals surface area contributed by atoms with Crippen molar-refractivity contribution in [1.82, 2.24) is 19.1 Å². The number of nitrogens with two attached hydrogens (primary N) is 1. The van der Waals surface area contributed by atoms with Crippen LogP contribution in [0.1, 0.15) is 46.6 Å². The molecule has 2 heterocycles. The normalized spacial score (nSPS) is 13.8. The molecule has 2 aromatic carbocycles. The Kier molecular flexibility index (Phi) is 8.07. The van der Waals surface area contributed by atoms with E-state index in [2.05, 4.69) is 0 Å². The van der Waals surface area contributed by atoms with Gasteiger partial charge in [-0.05, 0) is 56.5 Å². The Morgan fingerprint density at radius 2 is 1.81 bits per heavy atom. The molecular weight excluding hydrogens is 509 g/mol. The predicted octanol–water partition coefficient (Wildman–Crippen LogP) is 4.45. The molecule has 0 aliphatic heterocycles. The van der Waals surface area contributed by atoms with Crippen LogP contribution >= 0.6 is 24.0 Å². The van der Waals surface area contributed by atoms with E-state index in [-0.39, 0.29) is 23.9 Å². The molecule has 2 aromatic heterocycles. The van der Waals surface area contributed by atoms with Crippen LogP contribution in [0.2, 0.25) is 5.02 Å². The maximum atomic E-state index is 13.7. The van der Waals surface area contributed by atoms with Gasteiger partial charge in [-0.3, -0.25) is 14.2 Å². The van der Waals surface area contributed by atoms with Crippen LogP contribution in [0.3, 0.4) is 0 Å². The van der Waals surface area contributed by atoms with Gasteiger partial charge in [-0.2, -0.15) is 5.10 Å². The Balaban J connectivity index is 0.00000320. The molecule has 0 unspecified atom stereocenters. The molecule has 0 spiro atoms. The summed E-state index contributed by atoms with van der Waals surface area (Å²) in [6.07, 6.45) is 4.10. The SMILES string of the molecule is Cc1ccc(C(=O)N(CCCN)CC2(c3nn4ccc(Cl)c4c(=O)n3Cc3ccccc3)CC2)cc1.Cl. The lowest BCUT2D eigenvalue weighted by atomic mass is 10.0. The summed E-state index contributed by atoms with van der Waals surface area (Å²) in [4.78, 5) is 29.1. The molecule has 194 valence electrons. The lowest BCUT2D eigenvalue weighted by molar-refractivity contribution is 0.0735. The van der Waals surface area contributed by atoms with Crippen LogP contribution in [0, 0.1) is 6.92 Å². The van der Waals surface area contributed by atoms with E-state index in [0.29, 0.717) is 54.5 Å². The zero-order valence-corrected chi connectivity index (χ0v) is 22.3. The third-order valence-electron chi connectivity index (χ3n) is 6.95. The number of rotatable bonds is 9. The third-order valence-corrected chi connectivity index (χ3v) is 7.25.